The second-order valence-electron chi connectivity index (χ2n) is 7.11. The van der Waals surface area contributed by atoms with Gasteiger partial charge in [0.2, 0.25) is 11.8 Å². The van der Waals surface area contributed by atoms with Crippen molar-refractivity contribution in [2.45, 2.75) is 45.8 Å². The third-order valence-electron chi connectivity index (χ3n) is 5.11. The van der Waals surface area contributed by atoms with Gasteiger partial charge in [-0.1, -0.05) is 36.7 Å². The Labute approximate surface area is 165 Å². The zero-order valence-electron chi connectivity index (χ0n) is 16.1. The predicted molar refractivity (Wildman–Crippen MR) is 107 cm³/mol. The number of carbonyl (C=O) groups is 2. The van der Waals surface area contributed by atoms with E-state index in [0.717, 1.165) is 17.8 Å². The van der Waals surface area contributed by atoms with Crippen LogP contribution in [0.5, 0.6) is 0 Å². The van der Waals surface area contributed by atoms with Crippen LogP contribution in [0.3, 0.4) is 0 Å². The van der Waals surface area contributed by atoms with Gasteiger partial charge in [-0.3, -0.25) is 9.59 Å². The van der Waals surface area contributed by atoms with Crippen LogP contribution in [0, 0.1) is 0 Å². The summed E-state index contributed by atoms with van der Waals surface area (Å²) in [6.45, 7) is 7.11. The highest BCUT2D eigenvalue weighted by molar-refractivity contribution is 6.31. The maximum absolute atomic E-state index is 13.2. The highest BCUT2D eigenvalue weighted by Gasteiger charge is 2.34. The lowest BCUT2D eigenvalue weighted by molar-refractivity contribution is -0.143. The summed E-state index contributed by atoms with van der Waals surface area (Å²) in [6, 6.07) is 11.4. The van der Waals surface area contributed by atoms with Crippen LogP contribution in [-0.4, -0.2) is 45.3 Å². The molecule has 0 bridgehead atoms. The van der Waals surface area contributed by atoms with Crippen molar-refractivity contribution in [1.82, 2.24) is 14.4 Å². The van der Waals surface area contributed by atoms with Crippen molar-refractivity contribution in [3.05, 3.63) is 58.9 Å². The second kappa shape index (κ2) is 8.17. The van der Waals surface area contributed by atoms with E-state index in [0.29, 0.717) is 18.0 Å². The Morgan fingerprint density at radius 1 is 1.19 bits per heavy atom. The van der Waals surface area contributed by atoms with Gasteiger partial charge in [0.05, 0.1) is 6.04 Å². The molecule has 1 aromatic carbocycles. The third-order valence-corrected chi connectivity index (χ3v) is 5.45. The first kappa shape index (κ1) is 19.5. The van der Waals surface area contributed by atoms with E-state index in [2.05, 4.69) is 4.57 Å². The molecule has 6 heteroatoms. The largest absolute Gasteiger partial charge is 0.348 e. The molecule has 0 saturated heterocycles. The number of hydrogen-bond acceptors (Lipinski definition) is 2. The highest BCUT2D eigenvalue weighted by atomic mass is 35.5. The molecule has 0 fully saturated rings. The van der Waals surface area contributed by atoms with Crippen molar-refractivity contribution < 1.29 is 9.59 Å². The van der Waals surface area contributed by atoms with Crippen LogP contribution in [0.1, 0.15) is 44.5 Å². The molecule has 144 valence electrons. The highest BCUT2D eigenvalue weighted by Crippen LogP contribution is 2.36. The first-order chi connectivity index (χ1) is 12.9. The molecule has 1 aliphatic heterocycles. The van der Waals surface area contributed by atoms with Crippen molar-refractivity contribution in [2.75, 3.05) is 13.1 Å². The first-order valence-electron chi connectivity index (χ1n) is 9.42. The van der Waals surface area contributed by atoms with Crippen LogP contribution in [-0.2, 0) is 16.1 Å². The molecule has 0 aliphatic carbocycles. The Balaban J connectivity index is 1.95. The fraction of sp³-hybridized carbons (Fsp3) is 0.429. The lowest BCUT2D eigenvalue weighted by Crippen LogP contribution is -2.49. The Morgan fingerprint density at radius 3 is 2.59 bits per heavy atom. The van der Waals surface area contributed by atoms with E-state index in [1.807, 2.05) is 68.3 Å². The molecule has 1 aliphatic rings. The molecule has 27 heavy (non-hydrogen) atoms. The van der Waals surface area contributed by atoms with Gasteiger partial charge in [0.15, 0.2) is 0 Å². The van der Waals surface area contributed by atoms with E-state index in [9.17, 15) is 9.59 Å². The van der Waals surface area contributed by atoms with Crippen molar-refractivity contribution in [3.8, 4) is 0 Å². The molecule has 2 amide bonds. The molecule has 0 radical (unpaired) electrons. The summed E-state index contributed by atoms with van der Waals surface area (Å²) in [5.74, 6) is -0.0594. The summed E-state index contributed by atoms with van der Waals surface area (Å²) < 4.78 is 2.16. The SMILES string of the molecule is CCC(=O)N(CC(=O)N1CCn2cccc2C1c1ccccc1Cl)C(C)C. The van der Waals surface area contributed by atoms with Crippen LogP contribution in [0.15, 0.2) is 42.6 Å². The van der Waals surface area contributed by atoms with Gasteiger partial charge in [-0.25, -0.2) is 0 Å². The average molecular weight is 388 g/mol. The van der Waals surface area contributed by atoms with Gasteiger partial charge in [0, 0.05) is 42.5 Å². The molecule has 5 nitrogen and oxygen atoms in total. The number of halogens is 1. The zero-order chi connectivity index (χ0) is 19.6. The number of fused-ring (bicyclic) bond motifs is 1. The van der Waals surface area contributed by atoms with Crippen molar-refractivity contribution >= 4 is 23.4 Å². The number of nitrogens with zero attached hydrogens (tertiary/aromatic N) is 3. The van der Waals surface area contributed by atoms with E-state index < -0.39 is 0 Å². The minimum absolute atomic E-state index is 0.00646. The molecule has 0 spiro atoms. The lowest BCUT2D eigenvalue weighted by atomic mass is 9.99. The Morgan fingerprint density at radius 2 is 1.93 bits per heavy atom. The molecule has 2 aromatic rings. The Hall–Kier alpha value is -2.27. The minimum Gasteiger partial charge on any atom is -0.348 e. The maximum Gasteiger partial charge on any atom is 0.243 e. The van der Waals surface area contributed by atoms with Crippen LogP contribution < -0.4 is 0 Å². The Kier molecular flexibility index (Phi) is 5.90. The minimum atomic E-state index is -0.249. The molecule has 0 saturated carbocycles. The van der Waals surface area contributed by atoms with Gasteiger partial charge in [0.25, 0.3) is 0 Å². The summed E-state index contributed by atoms with van der Waals surface area (Å²) >= 11 is 6.48. The van der Waals surface area contributed by atoms with E-state index in [-0.39, 0.29) is 30.4 Å². The molecule has 0 N–H and O–H groups in total. The molecule has 2 heterocycles. The van der Waals surface area contributed by atoms with Gasteiger partial charge in [0.1, 0.15) is 6.54 Å². The summed E-state index contributed by atoms with van der Waals surface area (Å²) in [6.07, 6.45) is 2.42. The van der Waals surface area contributed by atoms with Gasteiger partial charge < -0.3 is 14.4 Å². The quantitative estimate of drug-likeness (QED) is 0.784. The van der Waals surface area contributed by atoms with E-state index >= 15 is 0 Å². The first-order valence-corrected chi connectivity index (χ1v) is 9.80. The van der Waals surface area contributed by atoms with Gasteiger partial charge in [-0.15, -0.1) is 0 Å². The zero-order valence-corrected chi connectivity index (χ0v) is 16.8. The number of amides is 2. The van der Waals surface area contributed by atoms with Crippen LogP contribution in [0.25, 0.3) is 0 Å². The number of benzene rings is 1. The fourth-order valence-electron chi connectivity index (χ4n) is 3.67. The lowest BCUT2D eigenvalue weighted by Gasteiger charge is -2.39. The van der Waals surface area contributed by atoms with Gasteiger partial charge in [-0.2, -0.15) is 0 Å². The predicted octanol–water partition coefficient (Wildman–Crippen LogP) is 3.72. The maximum atomic E-state index is 13.2. The topological polar surface area (TPSA) is 45.6 Å². The van der Waals surface area contributed by atoms with Gasteiger partial charge >= 0.3 is 0 Å². The van der Waals surface area contributed by atoms with Crippen molar-refractivity contribution in [3.63, 3.8) is 0 Å². The van der Waals surface area contributed by atoms with E-state index in [1.54, 1.807) is 4.90 Å². The van der Waals surface area contributed by atoms with Crippen LogP contribution >= 0.6 is 11.6 Å². The fourth-order valence-corrected chi connectivity index (χ4v) is 3.91. The van der Waals surface area contributed by atoms with E-state index in [4.69, 9.17) is 11.6 Å². The summed E-state index contributed by atoms with van der Waals surface area (Å²) in [4.78, 5) is 29.0. The number of rotatable bonds is 5. The molecular formula is C21H26ClN3O2. The summed E-state index contributed by atoms with van der Waals surface area (Å²) in [7, 11) is 0. The molecular weight excluding hydrogens is 362 g/mol. The number of carbonyl (C=O) groups excluding carboxylic acids is 2. The second-order valence-corrected chi connectivity index (χ2v) is 7.51. The molecule has 1 unspecified atom stereocenters. The average Bonchev–Trinajstić information content (AvgIpc) is 3.13. The molecule has 1 aromatic heterocycles. The van der Waals surface area contributed by atoms with Crippen LogP contribution in [0.4, 0.5) is 0 Å². The van der Waals surface area contributed by atoms with Crippen molar-refractivity contribution in [2.24, 2.45) is 0 Å². The number of aromatic nitrogens is 1. The normalized spacial score (nSPS) is 16.3. The van der Waals surface area contributed by atoms with E-state index in [1.165, 1.54) is 0 Å². The standard InChI is InChI=1S/C21H26ClN3O2/c1-4-19(26)25(15(2)3)14-20(27)24-13-12-23-11-7-10-18(23)21(24)16-8-5-6-9-17(16)22/h5-11,15,21H,4,12-14H2,1-3H3. The smallest absolute Gasteiger partial charge is 0.243 e. The third kappa shape index (κ3) is 3.88. The molecule has 3 rings (SSSR count). The summed E-state index contributed by atoms with van der Waals surface area (Å²) in [5, 5.41) is 0.639. The number of hydrogen-bond donors (Lipinski definition) is 0. The molecule has 1 atom stereocenters. The monoisotopic (exact) mass is 387 g/mol. The van der Waals surface area contributed by atoms with Crippen LogP contribution in [0.2, 0.25) is 5.02 Å². The Bertz CT molecular complexity index is 830. The van der Waals surface area contributed by atoms with Gasteiger partial charge in [-0.05, 0) is 37.6 Å². The summed E-state index contributed by atoms with van der Waals surface area (Å²) in [5.41, 5.74) is 1.95. The van der Waals surface area contributed by atoms with Crippen molar-refractivity contribution in [1.29, 1.82) is 0 Å².